The number of hydrogen-bond donors (Lipinski definition) is 6. The zero-order chi connectivity index (χ0) is 24.5. The molecule has 5 unspecified atom stereocenters. The van der Waals surface area contributed by atoms with E-state index in [1.54, 1.807) is 13.8 Å². The van der Waals surface area contributed by atoms with E-state index in [2.05, 4.69) is 16.0 Å². The van der Waals surface area contributed by atoms with E-state index in [1.165, 1.54) is 6.92 Å². The first-order valence-electron chi connectivity index (χ1n) is 10.7. The summed E-state index contributed by atoms with van der Waals surface area (Å²) in [6, 6.07) is -4.21. The summed E-state index contributed by atoms with van der Waals surface area (Å²) in [6.07, 6.45) is -0.549. The van der Waals surface area contributed by atoms with Crippen molar-refractivity contribution in [3.8, 4) is 0 Å². The standard InChI is InChI=1S/C21H40N4O6/c1-10(2)8-14(18(27)24-15(21(30)31)9-11(3)4)23-20(29)17(12(5)6)25-19(28)16(22)13(7)26/h10-17,26H,8-9,22H2,1-7H3,(H,23,29)(H,24,27)(H,25,28)(H,30,31). The van der Waals surface area contributed by atoms with Crippen LogP contribution in [0.2, 0.25) is 0 Å². The molecule has 3 amide bonds. The highest BCUT2D eigenvalue weighted by Crippen LogP contribution is 2.10. The van der Waals surface area contributed by atoms with E-state index in [1.807, 2.05) is 27.7 Å². The molecule has 0 fully saturated rings. The normalized spacial score (nSPS) is 16.4. The number of carboxylic acid groups (broad SMARTS) is 1. The van der Waals surface area contributed by atoms with Crippen molar-refractivity contribution in [1.82, 2.24) is 16.0 Å². The predicted octanol–water partition coefficient (Wildman–Crippen LogP) is -0.0183. The molecule has 5 atom stereocenters. The number of nitrogens with one attached hydrogen (secondary N) is 3. The summed E-state index contributed by atoms with van der Waals surface area (Å²) in [5.74, 6) is -3.23. The van der Waals surface area contributed by atoms with E-state index in [4.69, 9.17) is 5.73 Å². The number of aliphatic carboxylic acids is 1. The number of aliphatic hydroxyl groups is 1. The average Bonchev–Trinajstić information content (AvgIpc) is 2.62. The Morgan fingerprint density at radius 2 is 1.19 bits per heavy atom. The number of hydrogen-bond acceptors (Lipinski definition) is 6. The maximum atomic E-state index is 12.9. The highest BCUT2D eigenvalue weighted by atomic mass is 16.4. The molecule has 7 N–H and O–H groups in total. The smallest absolute Gasteiger partial charge is 0.326 e. The van der Waals surface area contributed by atoms with Crippen LogP contribution < -0.4 is 21.7 Å². The van der Waals surface area contributed by atoms with Crippen molar-refractivity contribution in [3.63, 3.8) is 0 Å². The van der Waals surface area contributed by atoms with Crippen molar-refractivity contribution < 1.29 is 29.4 Å². The van der Waals surface area contributed by atoms with Crippen LogP contribution in [0.15, 0.2) is 0 Å². The molecule has 0 aliphatic carbocycles. The second-order valence-corrected chi connectivity index (χ2v) is 9.22. The van der Waals surface area contributed by atoms with Crippen LogP contribution in [0.25, 0.3) is 0 Å². The number of carbonyl (C=O) groups is 4. The van der Waals surface area contributed by atoms with Gasteiger partial charge in [0.2, 0.25) is 17.7 Å². The Morgan fingerprint density at radius 1 is 0.742 bits per heavy atom. The van der Waals surface area contributed by atoms with Crippen molar-refractivity contribution in [2.75, 3.05) is 0 Å². The van der Waals surface area contributed by atoms with E-state index in [0.29, 0.717) is 0 Å². The average molecular weight is 445 g/mol. The summed E-state index contributed by atoms with van der Waals surface area (Å²) >= 11 is 0. The van der Waals surface area contributed by atoms with Gasteiger partial charge in [0.25, 0.3) is 0 Å². The van der Waals surface area contributed by atoms with Crippen LogP contribution in [-0.4, -0.2) is 64.2 Å². The molecule has 31 heavy (non-hydrogen) atoms. The summed E-state index contributed by atoms with van der Waals surface area (Å²) < 4.78 is 0. The summed E-state index contributed by atoms with van der Waals surface area (Å²) in [7, 11) is 0. The van der Waals surface area contributed by atoms with Crippen LogP contribution >= 0.6 is 0 Å². The van der Waals surface area contributed by atoms with Crippen molar-refractivity contribution in [3.05, 3.63) is 0 Å². The minimum atomic E-state index is -1.20. The molecule has 180 valence electrons. The second-order valence-electron chi connectivity index (χ2n) is 9.22. The quantitative estimate of drug-likeness (QED) is 0.232. The van der Waals surface area contributed by atoms with Crippen LogP contribution in [0.5, 0.6) is 0 Å². The van der Waals surface area contributed by atoms with Crippen molar-refractivity contribution in [2.24, 2.45) is 23.5 Å². The van der Waals surface area contributed by atoms with Gasteiger partial charge in [-0.05, 0) is 37.5 Å². The van der Waals surface area contributed by atoms with Crippen molar-refractivity contribution >= 4 is 23.7 Å². The van der Waals surface area contributed by atoms with E-state index in [0.717, 1.165) is 0 Å². The number of carbonyl (C=O) groups excluding carboxylic acids is 3. The molecule has 0 aromatic carbocycles. The first-order chi connectivity index (χ1) is 14.2. The van der Waals surface area contributed by atoms with Crippen LogP contribution in [0, 0.1) is 17.8 Å². The first kappa shape index (κ1) is 28.8. The van der Waals surface area contributed by atoms with E-state index >= 15 is 0 Å². The summed E-state index contributed by atoms with van der Waals surface area (Å²) in [6.45, 7) is 12.3. The predicted molar refractivity (Wildman–Crippen MR) is 117 cm³/mol. The van der Waals surface area contributed by atoms with Gasteiger partial charge in [0.15, 0.2) is 0 Å². The zero-order valence-corrected chi connectivity index (χ0v) is 19.6. The molecule has 0 spiro atoms. The second kappa shape index (κ2) is 13.3. The lowest BCUT2D eigenvalue weighted by Crippen LogP contribution is -2.59. The van der Waals surface area contributed by atoms with Crippen molar-refractivity contribution in [2.45, 2.75) is 91.6 Å². The third-order valence-electron chi connectivity index (χ3n) is 4.73. The Morgan fingerprint density at radius 3 is 1.58 bits per heavy atom. The fraction of sp³-hybridized carbons (Fsp3) is 0.810. The van der Waals surface area contributed by atoms with Crippen LogP contribution in [-0.2, 0) is 19.2 Å². The molecule has 0 radical (unpaired) electrons. The molecule has 0 heterocycles. The molecule has 10 heteroatoms. The maximum Gasteiger partial charge on any atom is 0.326 e. The molecule has 0 aliphatic heterocycles. The number of rotatable bonds is 13. The van der Waals surface area contributed by atoms with Gasteiger partial charge in [-0.1, -0.05) is 41.5 Å². The zero-order valence-electron chi connectivity index (χ0n) is 19.6. The molecule has 0 bridgehead atoms. The highest BCUT2D eigenvalue weighted by Gasteiger charge is 2.32. The molecule has 0 saturated heterocycles. The van der Waals surface area contributed by atoms with Gasteiger partial charge in [0, 0.05) is 0 Å². The largest absolute Gasteiger partial charge is 0.480 e. The first-order valence-corrected chi connectivity index (χ1v) is 10.7. The maximum absolute atomic E-state index is 12.9. The van der Waals surface area contributed by atoms with Gasteiger partial charge in [0.1, 0.15) is 24.2 Å². The van der Waals surface area contributed by atoms with Crippen LogP contribution in [0.4, 0.5) is 0 Å². The Balaban J connectivity index is 5.45. The molecule has 0 aromatic heterocycles. The molecular weight excluding hydrogens is 404 g/mol. The minimum Gasteiger partial charge on any atom is -0.480 e. The fourth-order valence-corrected chi connectivity index (χ4v) is 2.93. The summed E-state index contributed by atoms with van der Waals surface area (Å²) in [5.41, 5.74) is 5.63. The van der Waals surface area contributed by atoms with Gasteiger partial charge in [0.05, 0.1) is 6.10 Å². The summed E-state index contributed by atoms with van der Waals surface area (Å²) in [5, 5.41) is 26.6. The Labute approximate surface area is 184 Å². The van der Waals surface area contributed by atoms with Crippen molar-refractivity contribution in [1.29, 1.82) is 0 Å². The number of carboxylic acids is 1. The molecule has 0 aromatic rings. The SMILES string of the molecule is CC(C)CC(NC(=O)C(CC(C)C)NC(=O)C(NC(=O)C(N)C(C)O)C(C)C)C(=O)O. The fourth-order valence-electron chi connectivity index (χ4n) is 2.93. The van der Waals surface area contributed by atoms with Gasteiger partial charge in [-0.25, -0.2) is 4.79 Å². The van der Waals surface area contributed by atoms with Gasteiger partial charge in [-0.15, -0.1) is 0 Å². The molecule has 10 nitrogen and oxygen atoms in total. The lowest BCUT2D eigenvalue weighted by Gasteiger charge is -2.28. The minimum absolute atomic E-state index is 0.0418. The third kappa shape index (κ3) is 10.6. The Bertz CT molecular complexity index is 621. The molecule has 0 aliphatic rings. The lowest BCUT2D eigenvalue weighted by molar-refractivity contribution is -0.143. The third-order valence-corrected chi connectivity index (χ3v) is 4.73. The van der Waals surface area contributed by atoms with E-state index < -0.39 is 54.0 Å². The number of nitrogens with two attached hydrogens (primary N) is 1. The Hall–Kier alpha value is -2.20. The van der Waals surface area contributed by atoms with Gasteiger partial charge in [-0.3, -0.25) is 14.4 Å². The van der Waals surface area contributed by atoms with Gasteiger partial charge < -0.3 is 31.9 Å². The monoisotopic (exact) mass is 444 g/mol. The number of amides is 3. The van der Waals surface area contributed by atoms with E-state index in [-0.39, 0.29) is 30.6 Å². The van der Waals surface area contributed by atoms with Gasteiger partial charge in [-0.2, -0.15) is 0 Å². The van der Waals surface area contributed by atoms with Crippen LogP contribution in [0.1, 0.15) is 61.3 Å². The molecular formula is C21H40N4O6. The Kier molecular flexibility index (Phi) is 12.3. The molecule has 0 saturated carbocycles. The number of aliphatic hydroxyl groups excluding tert-OH is 1. The highest BCUT2D eigenvalue weighted by molar-refractivity contribution is 5.94. The lowest BCUT2D eigenvalue weighted by atomic mass is 9.98. The molecule has 0 rings (SSSR count). The topological polar surface area (TPSA) is 171 Å². The van der Waals surface area contributed by atoms with E-state index in [9.17, 15) is 29.4 Å². The van der Waals surface area contributed by atoms with Gasteiger partial charge >= 0.3 is 5.97 Å². The summed E-state index contributed by atoms with van der Waals surface area (Å²) in [4.78, 5) is 49.4. The van der Waals surface area contributed by atoms with Crippen LogP contribution in [0.3, 0.4) is 0 Å².